The van der Waals surface area contributed by atoms with Crippen molar-refractivity contribution in [1.82, 2.24) is 4.98 Å². The highest BCUT2D eigenvalue weighted by Gasteiger charge is 2.14. The molecular formula is C19H13Cl3N2OS. The lowest BCUT2D eigenvalue weighted by atomic mass is 10.2. The van der Waals surface area contributed by atoms with Crippen molar-refractivity contribution in [1.29, 1.82) is 0 Å². The molecule has 0 fully saturated rings. The molecule has 0 saturated heterocycles. The third-order valence-corrected chi connectivity index (χ3v) is 5.54. The number of hydrogen-bond acceptors (Lipinski definition) is 4. The third-order valence-electron chi connectivity index (χ3n) is 3.52. The molecule has 0 aliphatic carbocycles. The molecule has 7 heteroatoms. The molecule has 3 rings (SSSR count). The number of aromatic nitrogens is 1. The smallest absolute Gasteiger partial charge is 0.199 e. The minimum absolute atomic E-state index is 0.127. The van der Waals surface area contributed by atoms with Gasteiger partial charge in [-0.2, -0.15) is 0 Å². The number of ketones is 1. The van der Waals surface area contributed by atoms with E-state index in [4.69, 9.17) is 34.8 Å². The van der Waals surface area contributed by atoms with Gasteiger partial charge in [0.05, 0.1) is 21.3 Å². The maximum absolute atomic E-state index is 12.5. The summed E-state index contributed by atoms with van der Waals surface area (Å²) in [6, 6.07) is 12.5. The van der Waals surface area contributed by atoms with Crippen LogP contribution >= 0.6 is 46.1 Å². The molecule has 3 aromatic rings. The number of aryl methyl sites for hydroxylation is 1. The summed E-state index contributed by atoms with van der Waals surface area (Å²) in [4.78, 5) is 17.5. The first-order chi connectivity index (χ1) is 12.4. The number of hydrogen-bond donors (Lipinski definition) is 1. The molecule has 0 aliphatic heterocycles. The van der Waals surface area contributed by atoms with Crippen molar-refractivity contribution in [2.24, 2.45) is 0 Å². The fourth-order valence-corrected chi connectivity index (χ4v) is 3.81. The van der Waals surface area contributed by atoms with Crippen LogP contribution in [0.4, 0.5) is 5.69 Å². The first-order valence-corrected chi connectivity index (χ1v) is 9.55. The van der Waals surface area contributed by atoms with Crippen molar-refractivity contribution in [3.8, 4) is 10.6 Å². The van der Waals surface area contributed by atoms with Crippen LogP contribution in [-0.4, -0.2) is 10.8 Å². The fraction of sp³-hybridized carbons (Fsp3) is 0.0526. The van der Waals surface area contributed by atoms with Crippen LogP contribution in [0.2, 0.25) is 15.1 Å². The van der Waals surface area contributed by atoms with Crippen LogP contribution in [0.15, 0.2) is 54.7 Å². The molecule has 3 nitrogen and oxygen atoms in total. The zero-order chi connectivity index (χ0) is 18.7. The highest BCUT2D eigenvalue weighted by atomic mass is 35.5. The summed E-state index contributed by atoms with van der Waals surface area (Å²) >= 11 is 19.2. The van der Waals surface area contributed by atoms with Gasteiger partial charge in [-0.1, -0.05) is 46.9 Å². The van der Waals surface area contributed by atoms with E-state index >= 15 is 0 Å². The van der Waals surface area contributed by atoms with Crippen LogP contribution in [0, 0.1) is 6.92 Å². The molecule has 1 N–H and O–H groups in total. The van der Waals surface area contributed by atoms with Gasteiger partial charge in [0.1, 0.15) is 5.01 Å². The maximum Gasteiger partial charge on any atom is 0.199 e. The molecule has 0 amide bonds. The van der Waals surface area contributed by atoms with E-state index in [-0.39, 0.29) is 5.78 Å². The number of nitrogens with zero attached hydrogens (tertiary/aromatic N) is 1. The minimum atomic E-state index is -0.127. The molecule has 0 spiro atoms. The highest BCUT2D eigenvalue weighted by Crippen LogP contribution is 2.29. The van der Waals surface area contributed by atoms with Crippen LogP contribution in [0.5, 0.6) is 0 Å². The summed E-state index contributed by atoms with van der Waals surface area (Å²) in [5.41, 5.74) is 2.29. The summed E-state index contributed by atoms with van der Waals surface area (Å²) < 4.78 is 0. The molecule has 0 saturated carbocycles. The van der Waals surface area contributed by atoms with E-state index in [0.29, 0.717) is 31.3 Å². The van der Waals surface area contributed by atoms with E-state index in [1.54, 1.807) is 36.5 Å². The zero-order valence-electron chi connectivity index (χ0n) is 13.6. The maximum atomic E-state index is 12.5. The Balaban J connectivity index is 1.74. The number of carbonyl (C=O) groups excluding carboxylic acids is 1. The van der Waals surface area contributed by atoms with E-state index < -0.39 is 0 Å². The molecule has 1 aromatic heterocycles. The minimum Gasteiger partial charge on any atom is -0.360 e. The number of anilines is 1. The molecule has 0 radical (unpaired) electrons. The van der Waals surface area contributed by atoms with Crippen molar-refractivity contribution in [2.75, 3.05) is 5.32 Å². The standard InChI is InChI=1S/C19H13Cl3N2OS/c1-11-18(26-19(24-11)12-2-4-13(20)5-3-12)17(25)8-9-23-16-7-6-14(21)10-15(16)22/h2-10,23H,1H3. The highest BCUT2D eigenvalue weighted by molar-refractivity contribution is 7.17. The molecular weight excluding hydrogens is 411 g/mol. The van der Waals surface area contributed by atoms with Crippen LogP contribution in [0.1, 0.15) is 15.4 Å². The van der Waals surface area contributed by atoms with Gasteiger partial charge in [-0.05, 0) is 37.3 Å². The van der Waals surface area contributed by atoms with E-state index in [9.17, 15) is 4.79 Å². The van der Waals surface area contributed by atoms with Gasteiger partial charge >= 0.3 is 0 Å². The molecule has 0 unspecified atom stereocenters. The number of halogens is 3. The van der Waals surface area contributed by atoms with Gasteiger partial charge in [0.15, 0.2) is 5.78 Å². The SMILES string of the molecule is Cc1nc(-c2ccc(Cl)cc2)sc1C(=O)C=CNc1ccc(Cl)cc1Cl. The summed E-state index contributed by atoms with van der Waals surface area (Å²) in [6.45, 7) is 1.82. The third kappa shape index (κ3) is 4.46. The lowest BCUT2D eigenvalue weighted by Gasteiger charge is -2.03. The first kappa shape index (κ1) is 18.9. The summed E-state index contributed by atoms with van der Waals surface area (Å²) in [5, 5.41) is 5.46. The van der Waals surface area contributed by atoms with Gasteiger partial charge < -0.3 is 5.32 Å². The van der Waals surface area contributed by atoms with Crippen LogP contribution < -0.4 is 5.32 Å². The Hall–Kier alpha value is -1.85. The summed E-state index contributed by atoms with van der Waals surface area (Å²) in [6.07, 6.45) is 3.01. The molecule has 0 aliphatic rings. The average molecular weight is 424 g/mol. The van der Waals surface area contributed by atoms with E-state index in [0.717, 1.165) is 10.6 Å². The fourth-order valence-electron chi connectivity index (χ4n) is 2.23. The molecule has 0 atom stereocenters. The van der Waals surface area contributed by atoms with Crippen molar-refractivity contribution in [2.45, 2.75) is 6.92 Å². The Morgan fingerprint density at radius 3 is 2.46 bits per heavy atom. The number of carbonyl (C=O) groups is 1. The van der Waals surface area contributed by atoms with Crippen molar-refractivity contribution in [3.05, 3.63) is 80.4 Å². The lowest BCUT2D eigenvalue weighted by Crippen LogP contribution is -1.96. The largest absolute Gasteiger partial charge is 0.360 e. The lowest BCUT2D eigenvalue weighted by molar-refractivity contribution is 0.104. The Labute approximate surface area is 170 Å². The monoisotopic (exact) mass is 422 g/mol. The van der Waals surface area contributed by atoms with Gasteiger partial charge in [0.25, 0.3) is 0 Å². The zero-order valence-corrected chi connectivity index (χ0v) is 16.7. The molecule has 2 aromatic carbocycles. The second-order valence-electron chi connectivity index (χ2n) is 5.41. The van der Waals surface area contributed by atoms with E-state index in [1.165, 1.54) is 17.4 Å². The second kappa shape index (κ2) is 8.23. The molecule has 0 bridgehead atoms. The first-order valence-electron chi connectivity index (χ1n) is 7.60. The number of nitrogens with one attached hydrogen (secondary N) is 1. The van der Waals surface area contributed by atoms with Crippen molar-refractivity contribution >= 4 is 57.6 Å². The van der Waals surface area contributed by atoms with Crippen LogP contribution in [-0.2, 0) is 0 Å². The summed E-state index contributed by atoms with van der Waals surface area (Å²) in [5.74, 6) is -0.127. The summed E-state index contributed by atoms with van der Waals surface area (Å²) in [7, 11) is 0. The molecule has 26 heavy (non-hydrogen) atoms. The predicted molar refractivity (Wildman–Crippen MR) is 111 cm³/mol. The Morgan fingerprint density at radius 1 is 1.08 bits per heavy atom. The van der Waals surface area contributed by atoms with Gasteiger partial charge in [-0.3, -0.25) is 4.79 Å². The van der Waals surface area contributed by atoms with Gasteiger partial charge in [0.2, 0.25) is 0 Å². The van der Waals surface area contributed by atoms with E-state index in [1.807, 2.05) is 19.1 Å². The Bertz CT molecular complexity index is 981. The van der Waals surface area contributed by atoms with Gasteiger partial charge in [-0.15, -0.1) is 11.3 Å². The number of rotatable bonds is 5. The van der Waals surface area contributed by atoms with Gasteiger partial charge in [0, 0.05) is 27.9 Å². The number of allylic oxidation sites excluding steroid dienone is 1. The second-order valence-corrected chi connectivity index (χ2v) is 7.69. The van der Waals surface area contributed by atoms with Crippen molar-refractivity contribution in [3.63, 3.8) is 0 Å². The predicted octanol–water partition coefficient (Wildman–Crippen LogP) is 6.89. The van der Waals surface area contributed by atoms with Gasteiger partial charge in [-0.25, -0.2) is 4.98 Å². The van der Waals surface area contributed by atoms with Crippen molar-refractivity contribution < 1.29 is 4.79 Å². The Morgan fingerprint density at radius 2 is 1.77 bits per heavy atom. The molecule has 1 heterocycles. The van der Waals surface area contributed by atoms with Crippen LogP contribution in [0.3, 0.4) is 0 Å². The molecule has 132 valence electrons. The number of thiazole rings is 1. The van der Waals surface area contributed by atoms with E-state index in [2.05, 4.69) is 10.3 Å². The average Bonchev–Trinajstić information content (AvgIpc) is 2.99. The van der Waals surface area contributed by atoms with Crippen LogP contribution in [0.25, 0.3) is 10.6 Å². The number of benzene rings is 2. The quantitative estimate of drug-likeness (QED) is 0.359. The Kier molecular flexibility index (Phi) is 5.99. The normalized spacial score (nSPS) is 11.1. The topological polar surface area (TPSA) is 42.0 Å².